The first-order valence-corrected chi connectivity index (χ1v) is 9.91. The number of hydrogen-bond acceptors (Lipinski definition) is 3. The molecule has 0 unspecified atom stereocenters. The molecule has 0 bridgehead atoms. The van der Waals surface area contributed by atoms with Gasteiger partial charge in [-0.25, -0.2) is 9.97 Å². The van der Waals surface area contributed by atoms with E-state index in [-0.39, 0.29) is 5.91 Å². The quantitative estimate of drug-likeness (QED) is 0.200. The molecule has 0 aliphatic heterocycles. The summed E-state index contributed by atoms with van der Waals surface area (Å²) in [6, 6.07) is 25.3. The van der Waals surface area contributed by atoms with Crippen LogP contribution >= 0.6 is 22.6 Å². The molecule has 5 aromatic rings. The third-order valence-corrected chi connectivity index (χ3v) is 5.41. The minimum absolute atomic E-state index is 0.164. The van der Waals surface area contributed by atoms with Gasteiger partial charge in [0.1, 0.15) is 0 Å². The predicted molar refractivity (Wildman–Crippen MR) is 122 cm³/mol. The van der Waals surface area contributed by atoms with Crippen LogP contribution in [0.15, 0.2) is 78.9 Å². The van der Waals surface area contributed by atoms with Crippen molar-refractivity contribution in [1.29, 1.82) is 0 Å². The van der Waals surface area contributed by atoms with Crippen LogP contribution in [0.4, 0.5) is 5.69 Å². The van der Waals surface area contributed by atoms with Crippen LogP contribution < -0.4 is 5.32 Å². The lowest BCUT2D eigenvalue weighted by atomic mass is 10.1. The van der Waals surface area contributed by atoms with E-state index in [0.29, 0.717) is 11.1 Å². The number of carbonyl (C=O) groups excluding carboxylic acids is 1. The van der Waals surface area contributed by atoms with Crippen molar-refractivity contribution < 1.29 is 4.79 Å². The van der Waals surface area contributed by atoms with Gasteiger partial charge in [0.15, 0.2) is 0 Å². The minimum Gasteiger partial charge on any atom is -0.322 e. The molecule has 0 aliphatic carbocycles. The number of hydrogen-bond donors (Lipinski definition) is 1. The molecule has 0 atom stereocenters. The molecule has 28 heavy (non-hydrogen) atoms. The number of amides is 1. The number of fused-ring (bicyclic) bond motifs is 4. The van der Waals surface area contributed by atoms with Gasteiger partial charge in [-0.05, 0) is 76.5 Å². The third-order valence-electron chi connectivity index (χ3n) is 4.69. The Morgan fingerprint density at radius 3 is 2.43 bits per heavy atom. The Morgan fingerprint density at radius 1 is 0.786 bits per heavy atom. The number of carbonyl (C=O) groups is 1. The summed E-state index contributed by atoms with van der Waals surface area (Å²) >= 11 is 2.24. The van der Waals surface area contributed by atoms with Crippen molar-refractivity contribution in [3.8, 4) is 0 Å². The number of nitrogens with zero attached hydrogens (tertiary/aromatic N) is 2. The third kappa shape index (κ3) is 3.07. The second kappa shape index (κ2) is 6.83. The number of halogens is 1. The fourth-order valence-electron chi connectivity index (χ4n) is 3.29. The van der Waals surface area contributed by atoms with Crippen molar-refractivity contribution in [3.63, 3.8) is 0 Å². The van der Waals surface area contributed by atoms with Gasteiger partial charge in [-0.15, -0.1) is 0 Å². The van der Waals surface area contributed by atoms with Gasteiger partial charge in [-0.1, -0.05) is 30.3 Å². The van der Waals surface area contributed by atoms with Crippen LogP contribution in [0.1, 0.15) is 10.4 Å². The highest BCUT2D eigenvalue weighted by atomic mass is 127. The van der Waals surface area contributed by atoms with Gasteiger partial charge in [-0.3, -0.25) is 4.79 Å². The molecule has 4 nitrogen and oxygen atoms in total. The zero-order chi connectivity index (χ0) is 19.1. The highest BCUT2D eigenvalue weighted by Gasteiger charge is 2.10. The van der Waals surface area contributed by atoms with E-state index in [2.05, 4.69) is 40.0 Å². The van der Waals surface area contributed by atoms with Crippen LogP contribution in [0.25, 0.3) is 32.8 Å². The molecule has 1 amide bonds. The van der Waals surface area contributed by atoms with Crippen LogP contribution in [-0.2, 0) is 0 Å². The van der Waals surface area contributed by atoms with Crippen LogP contribution in [0.3, 0.4) is 0 Å². The summed E-state index contributed by atoms with van der Waals surface area (Å²) in [5.41, 5.74) is 4.50. The van der Waals surface area contributed by atoms with Crippen LogP contribution in [0.2, 0.25) is 0 Å². The number of nitrogens with one attached hydrogen (secondary N) is 1. The lowest BCUT2D eigenvalue weighted by molar-refractivity contribution is 0.102. The number of anilines is 1. The lowest BCUT2D eigenvalue weighted by Crippen LogP contribution is -2.11. The standard InChI is InChI=1S/C23H14IN3O/c24-16-7-9-17(10-8-16)25-23(28)15-6-11-19-21(13-15)27-22-18-4-2-1-3-14(18)5-12-20(22)26-19/h1-13H,(H,25,28). The summed E-state index contributed by atoms with van der Waals surface area (Å²) in [5.74, 6) is -0.164. The van der Waals surface area contributed by atoms with E-state index in [0.717, 1.165) is 36.6 Å². The lowest BCUT2D eigenvalue weighted by Gasteiger charge is -2.08. The van der Waals surface area contributed by atoms with Gasteiger partial charge in [0.05, 0.1) is 22.1 Å². The van der Waals surface area contributed by atoms with E-state index in [1.54, 1.807) is 12.1 Å². The highest BCUT2D eigenvalue weighted by molar-refractivity contribution is 14.1. The van der Waals surface area contributed by atoms with E-state index in [1.165, 1.54) is 0 Å². The van der Waals surface area contributed by atoms with Crippen molar-refractivity contribution in [2.45, 2.75) is 0 Å². The van der Waals surface area contributed by atoms with Crippen molar-refractivity contribution >= 4 is 67.0 Å². The maximum absolute atomic E-state index is 12.7. The average molecular weight is 475 g/mol. The number of benzene rings is 4. The molecule has 1 heterocycles. The molecule has 5 rings (SSSR count). The molecule has 0 aliphatic rings. The summed E-state index contributed by atoms with van der Waals surface area (Å²) in [4.78, 5) is 22.2. The van der Waals surface area contributed by atoms with Crippen molar-refractivity contribution in [2.75, 3.05) is 5.32 Å². The van der Waals surface area contributed by atoms with E-state index in [1.807, 2.05) is 54.6 Å². The molecule has 134 valence electrons. The van der Waals surface area contributed by atoms with Crippen LogP contribution in [0, 0.1) is 3.57 Å². The van der Waals surface area contributed by atoms with Gasteiger partial charge >= 0.3 is 0 Å². The molecule has 1 aromatic heterocycles. The van der Waals surface area contributed by atoms with Gasteiger partial charge < -0.3 is 5.32 Å². The van der Waals surface area contributed by atoms with Gasteiger partial charge in [0, 0.05) is 20.2 Å². The molecular formula is C23H14IN3O. The Balaban J connectivity index is 1.59. The first-order chi connectivity index (χ1) is 13.7. The molecule has 4 aromatic carbocycles. The molecule has 0 fully saturated rings. The van der Waals surface area contributed by atoms with E-state index in [4.69, 9.17) is 9.97 Å². The van der Waals surface area contributed by atoms with Crippen molar-refractivity contribution in [2.24, 2.45) is 0 Å². The SMILES string of the molecule is O=C(Nc1ccc(I)cc1)c1ccc2nc3ccc4ccccc4c3nc2c1. The smallest absolute Gasteiger partial charge is 0.255 e. The molecule has 5 heteroatoms. The molecule has 0 radical (unpaired) electrons. The maximum atomic E-state index is 12.7. The summed E-state index contributed by atoms with van der Waals surface area (Å²) in [6.07, 6.45) is 0. The Bertz CT molecular complexity index is 1360. The molecule has 1 N–H and O–H groups in total. The van der Waals surface area contributed by atoms with E-state index in [9.17, 15) is 4.79 Å². The zero-order valence-electron chi connectivity index (χ0n) is 14.7. The Labute approximate surface area is 174 Å². The summed E-state index contributed by atoms with van der Waals surface area (Å²) in [7, 11) is 0. The first kappa shape index (κ1) is 17.1. The van der Waals surface area contributed by atoms with Gasteiger partial charge in [0.2, 0.25) is 0 Å². The van der Waals surface area contributed by atoms with Gasteiger partial charge in [-0.2, -0.15) is 0 Å². The molecule has 0 saturated heterocycles. The topological polar surface area (TPSA) is 54.9 Å². The van der Waals surface area contributed by atoms with E-state index < -0.39 is 0 Å². The Kier molecular flexibility index (Phi) is 4.16. The summed E-state index contributed by atoms with van der Waals surface area (Å²) in [6.45, 7) is 0. The second-order valence-electron chi connectivity index (χ2n) is 6.54. The highest BCUT2D eigenvalue weighted by Crippen LogP contribution is 2.25. The predicted octanol–water partition coefficient (Wildman–Crippen LogP) is 5.79. The van der Waals surface area contributed by atoms with Crippen molar-refractivity contribution in [1.82, 2.24) is 9.97 Å². The monoisotopic (exact) mass is 475 g/mol. The average Bonchev–Trinajstić information content (AvgIpc) is 2.73. The van der Waals surface area contributed by atoms with Crippen molar-refractivity contribution in [3.05, 3.63) is 88.0 Å². The number of rotatable bonds is 2. The summed E-state index contributed by atoms with van der Waals surface area (Å²) in [5, 5.41) is 5.11. The van der Waals surface area contributed by atoms with Gasteiger partial charge in [0.25, 0.3) is 5.91 Å². The Hall–Kier alpha value is -3.06. The molecule has 0 saturated carbocycles. The fourth-order valence-corrected chi connectivity index (χ4v) is 3.65. The van der Waals surface area contributed by atoms with E-state index >= 15 is 0 Å². The first-order valence-electron chi connectivity index (χ1n) is 8.83. The molecular weight excluding hydrogens is 461 g/mol. The molecule has 0 spiro atoms. The maximum Gasteiger partial charge on any atom is 0.255 e. The minimum atomic E-state index is -0.164. The summed E-state index contributed by atoms with van der Waals surface area (Å²) < 4.78 is 1.12. The van der Waals surface area contributed by atoms with Crippen LogP contribution in [-0.4, -0.2) is 15.9 Å². The second-order valence-corrected chi connectivity index (χ2v) is 7.79. The van der Waals surface area contributed by atoms with Crippen LogP contribution in [0.5, 0.6) is 0 Å². The Morgan fingerprint density at radius 2 is 1.57 bits per heavy atom. The largest absolute Gasteiger partial charge is 0.322 e. The number of aromatic nitrogens is 2. The fraction of sp³-hybridized carbons (Fsp3) is 0. The zero-order valence-corrected chi connectivity index (χ0v) is 16.8. The normalized spacial score (nSPS) is 11.2.